The minimum Gasteiger partial charge on any atom is -0.487 e. The van der Waals surface area contributed by atoms with Crippen LogP contribution in [0.3, 0.4) is 0 Å². The topological polar surface area (TPSA) is 52.5 Å². The van der Waals surface area contributed by atoms with Crippen LogP contribution in [0.4, 0.5) is 0 Å². The molecule has 0 radical (unpaired) electrons. The largest absolute Gasteiger partial charge is 0.487 e. The number of imidazole rings is 1. The summed E-state index contributed by atoms with van der Waals surface area (Å²) < 4.78 is 7.69. The summed E-state index contributed by atoms with van der Waals surface area (Å²) in [5.41, 5.74) is 8.49. The van der Waals surface area contributed by atoms with Gasteiger partial charge in [-0.2, -0.15) is 0 Å². The molecule has 96 valence electrons. The van der Waals surface area contributed by atoms with Crippen molar-refractivity contribution in [3.8, 4) is 5.75 Å². The quantitative estimate of drug-likeness (QED) is 0.776. The van der Waals surface area contributed by atoms with E-state index in [1.165, 1.54) is 0 Å². The van der Waals surface area contributed by atoms with Crippen molar-refractivity contribution in [3.05, 3.63) is 66.1 Å². The van der Waals surface area contributed by atoms with Gasteiger partial charge in [0.1, 0.15) is 18.0 Å². The van der Waals surface area contributed by atoms with E-state index in [1.54, 1.807) is 0 Å². The number of aromatic nitrogens is 2. The Labute approximate surface area is 111 Å². The van der Waals surface area contributed by atoms with E-state index < -0.39 is 0 Å². The Hall–Kier alpha value is -2.33. The number of pyridine rings is 1. The van der Waals surface area contributed by atoms with Gasteiger partial charge in [0.15, 0.2) is 0 Å². The van der Waals surface area contributed by atoms with E-state index in [1.807, 2.05) is 59.3 Å². The van der Waals surface area contributed by atoms with Crippen molar-refractivity contribution in [1.82, 2.24) is 9.38 Å². The Kier molecular flexibility index (Phi) is 3.16. The van der Waals surface area contributed by atoms with Gasteiger partial charge in [-0.05, 0) is 29.8 Å². The lowest BCUT2D eigenvalue weighted by Crippen LogP contribution is -1.98. The Balaban J connectivity index is 1.70. The van der Waals surface area contributed by atoms with E-state index in [0.717, 1.165) is 22.7 Å². The van der Waals surface area contributed by atoms with Crippen LogP contribution in [-0.4, -0.2) is 9.38 Å². The highest BCUT2D eigenvalue weighted by Crippen LogP contribution is 2.14. The first-order chi connectivity index (χ1) is 9.35. The fourth-order valence-corrected chi connectivity index (χ4v) is 1.94. The summed E-state index contributed by atoms with van der Waals surface area (Å²) in [6.07, 6.45) is 3.95. The average molecular weight is 253 g/mol. The molecule has 0 aliphatic carbocycles. The molecule has 0 spiro atoms. The van der Waals surface area contributed by atoms with E-state index in [9.17, 15) is 0 Å². The van der Waals surface area contributed by atoms with Gasteiger partial charge in [-0.3, -0.25) is 0 Å². The molecule has 0 atom stereocenters. The molecule has 0 fully saturated rings. The van der Waals surface area contributed by atoms with Crippen LogP contribution in [0, 0.1) is 0 Å². The molecular weight excluding hydrogens is 238 g/mol. The summed E-state index contributed by atoms with van der Waals surface area (Å²) in [4.78, 5) is 4.48. The summed E-state index contributed by atoms with van der Waals surface area (Å²) in [5, 5.41) is 0. The predicted octanol–water partition coefficient (Wildman–Crippen LogP) is 2.37. The fraction of sp³-hybridized carbons (Fsp3) is 0.133. The van der Waals surface area contributed by atoms with Gasteiger partial charge in [0, 0.05) is 18.9 Å². The van der Waals surface area contributed by atoms with Gasteiger partial charge in [-0.1, -0.05) is 18.2 Å². The first-order valence-electron chi connectivity index (χ1n) is 6.19. The first kappa shape index (κ1) is 11.7. The van der Waals surface area contributed by atoms with E-state index in [4.69, 9.17) is 10.5 Å². The molecule has 0 aliphatic heterocycles. The molecule has 0 saturated heterocycles. The molecule has 1 aromatic carbocycles. The van der Waals surface area contributed by atoms with E-state index in [2.05, 4.69) is 4.98 Å². The number of ether oxygens (including phenoxy) is 1. The van der Waals surface area contributed by atoms with Crippen molar-refractivity contribution < 1.29 is 4.74 Å². The van der Waals surface area contributed by atoms with Gasteiger partial charge in [-0.15, -0.1) is 0 Å². The lowest BCUT2D eigenvalue weighted by atomic mass is 10.2. The smallest absolute Gasteiger partial charge is 0.137 e. The second-order valence-electron chi connectivity index (χ2n) is 4.34. The zero-order valence-corrected chi connectivity index (χ0v) is 10.5. The highest BCUT2D eigenvalue weighted by molar-refractivity contribution is 5.39. The molecule has 19 heavy (non-hydrogen) atoms. The van der Waals surface area contributed by atoms with Crippen molar-refractivity contribution in [2.75, 3.05) is 0 Å². The van der Waals surface area contributed by atoms with Crippen LogP contribution in [0.2, 0.25) is 0 Å². The minimum atomic E-state index is 0.462. The normalized spacial score (nSPS) is 10.8. The van der Waals surface area contributed by atoms with Gasteiger partial charge in [0.25, 0.3) is 0 Å². The molecule has 3 aromatic rings. The fourth-order valence-electron chi connectivity index (χ4n) is 1.94. The summed E-state index contributed by atoms with van der Waals surface area (Å²) >= 11 is 0. The Morgan fingerprint density at radius 2 is 1.95 bits per heavy atom. The highest BCUT2D eigenvalue weighted by atomic mass is 16.5. The molecule has 3 rings (SSSR count). The third-order valence-electron chi connectivity index (χ3n) is 2.96. The zero-order chi connectivity index (χ0) is 13.1. The maximum absolute atomic E-state index is 5.70. The number of hydrogen-bond acceptors (Lipinski definition) is 3. The molecule has 4 heteroatoms. The summed E-state index contributed by atoms with van der Waals surface area (Å²) in [6, 6.07) is 13.7. The van der Waals surface area contributed by atoms with Gasteiger partial charge in [0.05, 0.1) is 5.69 Å². The molecule has 0 aliphatic rings. The monoisotopic (exact) mass is 253 g/mol. The first-order valence-corrected chi connectivity index (χ1v) is 6.19. The molecule has 4 nitrogen and oxygen atoms in total. The van der Waals surface area contributed by atoms with Crippen molar-refractivity contribution in [1.29, 1.82) is 0 Å². The lowest BCUT2D eigenvalue weighted by Gasteiger charge is -2.04. The van der Waals surface area contributed by atoms with Crippen LogP contribution in [0.5, 0.6) is 5.75 Å². The molecule has 0 bridgehead atoms. The second kappa shape index (κ2) is 5.12. The molecule has 2 heterocycles. The van der Waals surface area contributed by atoms with E-state index >= 15 is 0 Å². The van der Waals surface area contributed by atoms with Crippen LogP contribution in [0.1, 0.15) is 11.3 Å². The van der Waals surface area contributed by atoms with E-state index in [-0.39, 0.29) is 0 Å². The van der Waals surface area contributed by atoms with Crippen LogP contribution >= 0.6 is 0 Å². The third-order valence-corrected chi connectivity index (χ3v) is 2.96. The highest BCUT2D eigenvalue weighted by Gasteiger charge is 2.02. The maximum Gasteiger partial charge on any atom is 0.137 e. The summed E-state index contributed by atoms with van der Waals surface area (Å²) in [7, 11) is 0. The number of rotatable bonds is 4. The zero-order valence-electron chi connectivity index (χ0n) is 10.5. The van der Waals surface area contributed by atoms with Crippen molar-refractivity contribution in [3.63, 3.8) is 0 Å². The maximum atomic E-state index is 5.70. The Morgan fingerprint density at radius 1 is 1.11 bits per heavy atom. The van der Waals surface area contributed by atoms with Crippen molar-refractivity contribution in [2.24, 2.45) is 5.73 Å². The Morgan fingerprint density at radius 3 is 2.68 bits per heavy atom. The molecule has 2 N–H and O–H groups in total. The molecule has 0 saturated carbocycles. The van der Waals surface area contributed by atoms with Crippen LogP contribution in [0.25, 0.3) is 5.65 Å². The van der Waals surface area contributed by atoms with Crippen LogP contribution in [-0.2, 0) is 13.2 Å². The SMILES string of the molecule is NCc1ccc(OCc2cn3ccccc3n2)cc1. The van der Waals surface area contributed by atoms with Gasteiger partial charge < -0.3 is 14.9 Å². The number of hydrogen-bond donors (Lipinski definition) is 1. The summed E-state index contributed by atoms with van der Waals surface area (Å²) in [5.74, 6) is 0.828. The summed E-state index contributed by atoms with van der Waals surface area (Å²) in [6.45, 7) is 1.01. The van der Waals surface area contributed by atoms with Gasteiger partial charge >= 0.3 is 0 Å². The number of fused-ring (bicyclic) bond motifs is 1. The second-order valence-corrected chi connectivity index (χ2v) is 4.34. The lowest BCUT2D eigenvalue weighted by molar-refractivity contribution is 0.302. The average Bonchev–Trinajstić information content (AvgIpc) is 2.88. The van der Waals surface area contributed by atoms with Gasteiger partial charge in [0.2, 0.25) is 0 Å². The molecule has 2 aromatic heterocycles. The molecular formula is C15H15N3O. The molecule has 0 unspecified atom stereocenters. The van der Waals surface area contributed by atoms with Crippen LogP contribution in [0.15, 0.2) is 54.9 Å². The van der Waals surface area contributed by atoms with Crippen molar-refractivity contribution >= 4 is 5.65 Å². The Bertz CT molecular complexity index is 640. The van der Waals surface area contributed by atoms with Crippen LogP contribution < -0.4 is 10.5 Å². The third kappa shape index (κ3) is 2.58. The molecule has 0 amide bonds. The number of benzene rings is 1. The standard InChI is InChI=1S/C15H15N3O/c16-9-12-4-6-14(7-5-12)19-11-13-10-18-8-2-1-3-15(18)17-13/h1-8,10H,9,11,16H2. The predicted molar refractivity (Wildman–Crippen MR) is 73.9 cm³/mol. The number of nitrogens with two attached hydrogens (primary N) is 1. The minimum absolute atomic E-state index is 0.462. The van der Waals surface area contributed by atoms with E-state index in [0.29, 0.717) is 13.2 Å². The van der Waals surface area contributed by atoms with Crippen molar-refractivity contribution in [2.45, 2.75) is 13.2 Å². The number of nitrogens with zero attached hydrogens (tertiary/aromatic N) is 2. The van der Waals surface area contributed by atoms with Gasteiger partial charge in [-0.25, -0.2) is 4.98 Å².